The molecule has 8 heteroatoms. The summed E-state index contributed by atoms with van der Waals surface area (Å²) in [4.78, 5) is 25.1. The number of ether oxygens (including phenoxy) is 1. The van der Waals surface area contributed by atoms with Gasteiger partial charge in [-0.15, -0.1) is 11.8 Å². The molecule has 0 aliphatic rings. The summed E-state index contributed by atoms with van der Waals surface area (Å²) in [7, 11) is 1.57. The minimum Gasteiger partial charge on any atom is -0.383 e. The van der Waals surface area contributed by atoms with E-state index in [1.807, 2.05) is 6.07 Å². The van der Waals surface area contributed by atoms with Crippen molar-refractivity contribution in [3.05, 3.63) is 58.1 Å². The molecule has 2 rings (SSSR count). The standard InChI is InChI=1S/C18H18Cl2N2O3S/c1-25-10-9-21-16(23)11-26-15-8-3-2-5-12(15)18(24)22-14-7-4-6-13(19)17(14)20/h2-8H,9-11H2,1H3,(H,21,23)(H,22,24). The molecule has 0 saturated heterocycles. The first kappa shape index (κ1) is 20.6. The Morgan fingerprint density at radius 2 is 1.88 bits per heavy atom. The number of hydrogen-bond acceptors (Lipinski definition) is 4. The van der Waals surface area contributed by atoms with Crippen molar-refractivity contribution < 1.29 is 14.3 Å². The number of anilines is 1. The molecule has 2 aromatic rings. The van der Waals surface area contributed by atoms with Gasteiger partial charge in [0.15, 0.2) is 0 Å². The first-order valence-electron chi connectivity index (χ1n) is 7.75. The molecule has 0 saturated carbocycles. The highest BCUT2D eigenvalue weighted by atomic mass is 35.5. The summed E-state index contributed by atoms with van der Waals surface area (Å²) in [6, 6.07) is 12.1. The van der Waals surface area contributed by atoms with Gasteiger partial charge < -0.3 is 15.4 Å². The van der Waals surface area contributed by atoms with Crippen molar-refractivity contribution in [2.24, 2.45) is 0 Å². The quantitative estimate of drug-likeness (QED) is 0.505. The van der Waals surface area contributed by atoms with E-state index >= 15 is 0 Å². The molecule has 0 heterocycles. The Bertz CT molecular complexity index is 787. The molecule has 0 unspecified atom stereocenters. The smallest absolute Gasteiger partial charge is 0.256 e. The monoisotopic (exact) mass is 412 g/mol. The van der Waals surface area contributed by atoms with E-state index in [1.54, 1.807) is 43.5 Å². The number of thioether (sulfide) groups is 1. The van der Waals surface area contributed by atoms with Crippen LogP contribution in [0.2, 0.25) is 10.0 Å². The average molecular weight is 413 g/mol. The number of rotatable bonds is 8. The van der Waals surface area contributed by atoms with Crippen molar-refractivity contribution >= 4 is 52.5 Å². The van der Waals surface area contributed by atoms with Crippen LogP contribution in [0.25, 0.3) is 0 Å². The molecule has 2 amide bonds. The fraction of sp³-hybridized carbons (Fsp3) is 0.222. The predicted molar refractivity (Wildman–Crippen MR) is 106 cm³/mol. The summed E-state index contributed by atoms with van der Waals surface area (Å²) in [5.74, 6) is -0.247. The summed E-state index contributed by atoms with van der Waals surface area (Å²) in [5.41, 5.74) is 0.888. The normalized spacial score (nSPS) is 10.4. The third-order valence-corrected chi connectivity index (χ3v) is 5.21. The van der Waals surface area contributed by atoms with Gasteiger partial charge in [-0.2, -0.15) is 0 Å². The molecule has 0 bridgehead atoms. The number of amides is 2. The predicted octanol–water partition coefficient (Wildman–Crippen LogP) is 4.10. The maximum Gasteiger partial charge on any atom is 0.256 e. The third-order valence-electron chi connectivity index (χ3n) is 3.32. The van der Waals surface area contributed by atoms with E-state index in [2.05, 4.69) is 10.6 Å². The van der Waals surface area contributed by atoms with Crippen LogP contribution in [0.15, 0.2) is 47.4 Å². The zero-order chi connectivity index (χ0) is 18.9. The SMILES string of the molecule is COCCNC(=O)CSc1ccccc1C(=O)Nc1cccc(Cl)c1Cl. The lowest BCUT2D eigenvalue weighted by Gasteiger charge is -2.11. The molecule has 0 aliphatic carbocycles. The van der Waals surface area contributed by atoms with Gasteiger partial charge in [-0.25, -0.2) is 0 Å². The Morgan fingerprint density at radius 3 is 2.65 bits per heavy atom. The third kappa shape index (κ3) is 5.92. The van der Waals surface area contributed by atoms with E-state index in [9.17, 15) is 9.59 Å². The van der Waals surface area contributed by atoms with E-state index in [0.29, 0.717) is 34.3 Å². The Morgan fingerprint density at radius 1 is 1.12 bits per heavy atom. The number of carbonyl (C=O) groups excluding carboxylic acids is 2. The summed E-state index contributed by atoms with van der Waals surface area (Å²) in [6.07, 6.45) is 0. The van der Waals surface area contributed by atoms with Gasteiger partial charge in [-0.05, 0) is 24.3 Å². The van der Waals surface area contributed by atoms with E-state index < -0.39 is 0 Å². The molecule has 0 fully saturated rings. The van der Waals surface area contributed by atoms with E-state index in [0.717, 1.165) is 0 Å². The topological polar surface area (TPSA) is 67.4 Å². The molecule has 2 aromatic carbocycles. The lowest BCUT2D eigenvalue weighted by molar-refractivity contribution is -0.118. The minimum atomic E-state index is -0.322. The zero-order valence-corrected chi connectivity index (χ0v) is 16.4. The molecular formula is C18H18Cl2N2O3S. The van der Waals surface area contributed by atoms with Gasteiger partial charge in [-0.1, -0.05) is 41.4 Å². The molecule has 5 nitrogen and oxygen atoms in total. The van der Waals surface area contributed by atoms with Gasteiger partial charge in [0.1, 0.15) is 0 Å². The summed E-state index contributed by atoms with van der Waals surface area (Å²) in [6.45, 7) is 0.904. The van der Waals surface area contributed by atoms with Crippen molar-refractivity contribution in [1.82, 2.24) is 5.32 Å². The van der Waals surface area contributed by atoms with Crippen LogP contribution in [0.4, 0.5) is 5.69 Å². The maximum absolute atomic E-state index is 12.6. The minimum absolute atomic E-state index is 0.125. The highest BCUT2D eigenvalue weighted by Gasteiger charge is 2.15. The summed E-state index contributed by atoms with van der Waals surface area (Å²) < 4.78 is 4.89. The van der Waals surface area contributed by atoms with Crippen LogP contribution in [0.3, 0.4) is 0 Å². The highest BCUT2D eigenvalue weighted by molar-refractivity contribution is 8.00. The summed E-state index contributed by atoms with van der Waals surface area (Å²) >= 11 is 13.4. The number of nitrogens with one attached hydrogen (secondary N) is 2. The van der Waals surface area contributed by atoms with Crippen LogP contribution in [0.5, 0.6) is 0 Å². The second-order valence-corrected chi connectivity index (χ2v) is 6.99. The number of methoxy groups -OCH3 is 1. The first-order valence-corrected chi connectivity index (χ1v) is 9.50. The van der Waals surface area contributed by atoms with E-state index in [4.69, 9.17) is 27.9 Å². The fourth-order valence-corrected chi connectivity index (χ4v) is 3.28. The second-order valence-electron chi connectivity index (χ2n) is 5.18. The molecular weight excluding hydrogens is 395 g/mol. The Balaban J connectivity index is 2.04. The maximum atomic E-state index is 12.6. The fourth-order valence-electron chi connectivity index (χ4n) is 2.06. The molecule has 0 atom stereocenters. The van der Waals surface area contributed by atoms with Crippen LogP contribution >= 0.6 is 35.0 Å². The lowest BCUT2D eigenvalue weighted by atomic mass is 10.2. The van der Waals surface area contributed by atoms with Crippen LogP contribution in [0, 0.1) is 0 Å². The first-order chi connectivity index (χ1) is 12.5. The van der Waals surface area contributed by atoms with Crippen LogP contribution in [-0.2, 0) is 9.53 Å². The second kappa shape index (κ2) is 10.4. The van der Waals surface area contributed by atoms with Crippen molar-refractivity contribution in [2.45, 2.75) is 4.90 Å². The van der Waals surface area contributed by atoms with Crippen molar-refractivity contribution in [2.75, 3.05) is 31.3 Å². The molecule has 0 aliphatic heterocycles. The van der Waals surface area contributed by atoms with E-state index in [-0.39, 0.29) is 22.6 Å². The molecule has 0 radical (unpaired) electrons. The van der Waals surface area contributed by atoms with Crippen LogP contribution in [0.1, 0.15) is 10.4 Å². The summed E-state index contributed by atoms with van der Waals surface area (Å²) in [5, 5.41) is 6.13. The highest BCUT2D eigenvalue weighted by Crippen LogP contribution is 2.30. The van der Waals surface area contributed by atoms with Gasteiger partial charge in [-0.3, -0.25) is 9.59 Å². The Labute approximate surface area is 166 Å². The van der Waals surface area contributed by atoms with Crippen molar-refractivity contribution in [3.8, 4) is 0 Å². The van der Waals surface area contributed by atoms with Crippen LogP contribution in [-0.4, -0.2) is 37.8 Å². The number of halogens is 2. The number of carbonyl (C=O) groups is 2. The van der Waals surface area contributed by atoms with Gasteiger partial charge in [0.2, 0.25) is 5.91 Å². The van der Waals surface area contributed by atoms with Crippen molar-refractivity contribution in [3.63, 3.8) is 0 Å². The van der Waals surface area contributed by atoms with Gasteiger partial charge in [0, 0.05) is 18.6 Å². The zero-order valence-electron chi connectivity index (χ0n) is 14.1. The number of hydrogen-bond donors (Lipinski definition) is 2. The average Bonchev–Trinajstić information content (AvgIpc) is 2.64. The lowest BCUT2D eigenvalue weighted by Crippen LogP contribution is -2.28. The molecule has 138 valence electrons. The number of benzene rings is 2. The molecule has 2 N–H and O–H groups in total. The van der Waals surface area contributed by atoms with Crippen LogP contribution < -0.4 is 10.6 Å². The Hall–Kier alpha value is -1.73. The molecule has 0 spiro atoms. The molecule has 0 aromatic heterocycles. The van der Waals surface area contributed by atoms with E-state index in [1.165, 1.54) is 11.8 Å². The largest absolute Gasteiger partial charge is 0.383 e. The molecule has 26 heavy (non-hydrogen) atoms. The van der Waals surface area contributed by atoms with Gasteiger partial charge in [0.25, 0.3) is 5.91 Å². The van der Waals surface area contributed by atoms with Crippen molar-refractivity contribution in [1.29, 1.82) is 0 Å². The Kier molecular flexibility index (Phi) is 8.25. The van der Waals surface area contributed by atoms with Gasteiger partial charge >= 0.3 is 0 Å². The van der Waals surface area contributed by atoms with Gasteiger partial charge in [0.05, 0.1) is 33.7 Å².